The van der Waals surface area contributed by atoms with Gasteiger partial charge in [-0.15, -0.1) is 0 Å². The zero-order chi connectivity index (χ0) is 48.7. The summed E-state index contributed by atoms with van der Waals surface area (Å²) < 4.78 is 33.5. The molecule has 0 aromatic carbocycles. The highest BCUT2D eigenvalue weighted by atomic mass is 31.2. The number of aliphatic hydroxyl groups excluding tert-OH is 6. The molecule has 0 spiro atoms. The number of carbonyl (C=O) groups excluding carboxylic acids is 2. The number of esters is 2. The number of allylic oxidation sites excluding steroid dienone is 11. The molecule has 15 heteroatoms. The summed E-state index contributed by atoms with van der Waals surface area (Å²) in [5.74, 6) is -1.20. The maximum atomic E-state index is 12.8. The minimum atomic E-state index is -5.15. The van der Waals surface area contributed by atoms with Gasteiger partial charge in [-0.2, -0.15) is 0 Å². The highest BCUT2D eigenvalue weighted by Crippen LogP contribution is 2.47. The molecule has 7 N–H and O–H groups in total. The third-order valence-electron chi connectivity index (χ3n) is 11.1. The molecule has 1 saturated carbocycles. The Balaban J connectivity index is 2.48. The van der Waals surface area contributed by atoms with Crippen molar-refractivity contribution in [3.8, 4) is 0 Å². The monoisotopic (exact) mass is 955 g/mol. The molecule has 0 aliphatic heterocycles. The van der Waals surface area contributed by atoms with Crippen LogP contribution in [0.25, 0.3) is 0 Å². The minimum absolute atomic E-state index is 0.00318. The number of rotatable bonds is 40. The van der Waals surface area contributed by atoms with E-state index in [0.29, 0.717) is 25.7 Å². The Morgan fingerprint density at radius 2 is 1.02 bits per heavy atom. The van der Waals surface area contributed by atoms with Crippen molar-refractivity contribution in [2.75, 3.05) is 13.2 Å². The summed E-state index contributed by atoms with van der Waals surface area (Å²) in [7, 11) is -5.15. The van der Waals surface area contributed by atoms with E-state index in [4.69, 9.17) is 18.5 Å². The third-order valence-corrected chi connectivity index (χ3v) is 12.1. The molecule has 14 nitrogen and oxygen atoms in total. The van der Waals surface area contributed by atoms with Gasteiger partial charge in [-0.3, -0.25) is 18.6 Å². The van der Waals surface area contributed by atoms with Gasteiger partial charge in [0.2, 0.25) is 0 Å². The zero-order valence-electron chi connectivity index (χ0n) is 40.1. The summed E-state index contributed by atoms with van der Waals surface area (Å²) >= 11 is 0. The molecule has 0 aromatic rings. The quantitative estimate of drug-likeness (QED) is 0.00999. The fourth-order valence-electron chi connectivity index (χ4n) is 7.07. The number of ether oxygens (including phenoxy) is 2. The first kappa shape index (κ1) is 61.3. The maximum Gasteiger partial charge on any atom is 0.472 e. The lowest BCUT2D eigenvalue weighted by molar-refractivity contribution is -0.220. The topological polar surface area (TPSA) is 230 Å². The molecule has 0 heterocycles. The largest absolute Gasteiger partial charge is 0.472 e. The molecule has 0 bridgehead atoms. The normalized spacial score (nSPS) is 22.4. The third kappa shape index (κ3) is 32.1. The van der Waals surface area contributed by atoms with Gasteiger partial charge in [0.15, 0.2) is 6.10 Å². The summed E-state index contributed by atoms with van der Waals surface area (Å²) in [6.45, 7) is 3.10. The van der Waals surface area contributed by atoms with Gasteiger partial charge >= 0.3 is 19.8 Å². The van der Waals surface area contributed by atoms with Crippen LogP contribution in [0.4, 0.5) is 0 Å². The fourth-order valence-corrected chi connectivity index (χ4v) is 8.04. The van der Waals surface area contributed by atoms with Crippen LogP contribution in [-0.4, -0.2) is 110 Å². The van der Waals surface area contributed by atoms with Crippen molar-refractivity contribution in [2.45, 2.75) is 223 Å². The standard InChI is InChI=1S/C51H87O14P/c1-3-5-7-8-9-10-11-12-13-14-15-16-17-18-21-24-27-30-34-38-44(53)62-40-43(41-63-66(60,61)65-51-49(58)47(56)46(55)48(57)50(51)59)64-45(54)39-35-31-28-25-22-19-20-23-26-29-33-37-42(52)36-32-6-4-2/h9-10,12-13,19-20,25-26,28-29,33,37,42-43,46-52,55-59H,3-8,11,14-18,21-24,27,30-32,34-36,38-41H2,1-2H3,(H,60,61)/b10-9-,13-12-,20-19-,28-25-,29-26-,37-33+/t42-,43+,46?,47-,48+,49+,50+,51?/m0/s1. The second-order valence-electron chi connectivity index (χ2n) is 17.2. The minimum Gasteiger partial charge on any atom is -0.462 e. The van der Waals surface area contributed by atoms with E-state index in [9.17, 15) is 49.7 Å². The number of aliphatic hydroxyl groups is 6. The van der Waals surface area contributed by atoms with E-state index in [2.05, 4.69) is 38.2 Å². The first-order valence-corrected chi connectivity index (χ1v) is 26.3. The Labute approximate surface area is 396 Å². The number of hydrogen-bond donors (Lipinski definition) is 7. The Morgan fingerprint density at radius 3 is 1.61 bits per heavy atom. The van der Waals surface area contributed by atoms with E-state index in [-0.39, 0.29) is 12.8 Å². The first-order chi connectivity index (χ1) is 31.8. The lowest BCUT2D eigenvalue weighted by Crippen LogP contribution is -2.64. The van der Waals surface area contributed by atoms with Crippen molar-refractivity contribution < 1.29 is 68.2 Å². The SMILES string of the molecule is CCCCC/C=C\C/C=C\CCCCCCCCCCCC(=O)OC[C@H](COP(=O)(O)OC1[C@H](O)[C@H](O)C(O)[C@H](O)[C@H]1O)OC(=O)CCC/C=C\C/C=C\C/C=C\C=C\[C@@H](O)CCCCC. The molecule has 0 amide bonds. The molecule has 0 aromatic heterocycles. The van der Waals surface area contributed by atoms with Crippen molar-refractivity contribution in [3.05, 3.63) is 72.9 Å². The molecule has 1 aliphatic rings. The molecule has 0 saturated heterocycles. The van der Waals surface area contributed by atoms with Crippen molar-refractivity contribution in [1.29, 1.82) is 0 Å². The van der Waals surface area contributed by atoms with Crippen LogP contribution >= 0.6 is 7.82 Å². The van der Waals surface area contributed by atoms with Crippen LogP contribution in [0, 0.1) is 0 Å². The Hall–Kier alpha value is -2.75. The van der Waals surface area contributed by atoms with Crippen LogP contribution in [0.1, 0.15) is 174 Å². The van der Waals surface area contributed by atoms with Gasteiger partial charge in [0.1, 0.15) is 43.2 Å². The van der Waals surface area contributed by atoms with Gasteiger partial charge in [0.05, 0.1) is 12.7 Å². The van der Waals surface area contributed by atoms with Crippen LogP contribution < -0.4 is 0 Å². The van der Waals surface area contributed by atoms with E-state index in [1.807, 2.05) is 42.5 Å². The molecular weight excluding hydrogens is 868 g/mol. The fraction of sp³-hybridized carbons (Fsp3) is 0.725. The molecule has 66 heavy (non-hydrogen) atoms. The summed E-state index contributed by atoms with van der Waals surface area (Å²) in [5.41, 5.74) is 0. The predicted molar refractivity (Wildman–Crippen MR) is 259 cm³/mol. The van der Waals surface area contributed by atoms with Gasteiger partial charge in [-0.05, 0) is 70.6 Å². The number of phosphoric ester groups is 1. The number of hydrogen-bond acceptors (Lipinski definition) is 13. The second kappa shape index (κ2) is 40.2. The molecule has 1 fully saturated rings. The molecule has 9 atom stereocenters. The van der Waals surface area contributed by atoms with Gasteiger partial charge in [-0.25, -0.2) is 4.57 Å². The van der Waals surface area contributed by atoms with E-state index < -0.39 is 81.8 Å². The van der Waals surface area contributed by atoms with Crippen molar-refractivity contribution in [3.63, 3.8) is 0 Å². The number of unbranched alkanes of at least 4 members (excludes halogenated alkanes) is 15. The van der Waals surface area contributed by atoms with Gasteiger partial charge in [0.25, 0.3) is 0 Å². The van der Waals surface area contributed by atoms with Crippen LogP contribution in [0.2, 0.25) is 0 Å². The van der Waals surface area contributed by atoms with Crippen molar-refractivity contribution in [1.82, 2.24) is 0 Å². The zero-order valence-corrected chi connectivity index (χ0v) is 41.0. The van der Waals surface area contributed by atoms with Gasteiger partial charge in [-0.1, -0.05) is 164 Å². The number of phosphoric acid groups is 1. The summed E-state index contributed by atoms with van der Waals surface area (Å²) in [6, 6.07) is 0. The second-order valence-corrected chi connectivity index (χ2v) is 18.6. The van der Waals surface area contributed by atoms with Gasteiger partial charge in [0, 0.05) is 12.8 Å². The number of carbonyl (C=O) groups is 2. The molecule has 0 radical (unpaired) electrons. The smallest absolute Gasteiger partial charge is 0.462 e. The van der Waals surface area contributed by atoms with E-state index >= 15 is 0 Å². The average Bonchev–Trinajstić information content (AvgIpc) is 3.29. The summed E-state index contributed by atoms with van der Waals surface area (Å²) in [4.78, 5) is 35.8. The average molecular weight is 955 g/mol. The van der Waals surface area contributed by atoms with Crippen LogP contribution in [0.5, 0.6) is 0 Å². The van der Waals surface area contributed by atoms with E-state index in [0.717, 1.165) is 70.6 Å². The lowest BCUT2D eigenvalue weighted by Gasteiger charge is -2.41. The van der Waals surface area contributed by atoms with Crippen LogP contribution in [0.3, 0.4) is 0 Å². The van der Waals surface area contributed by atoms with Crippen molar-refractivity contribution >= 4 is 19.8 Å². The Morgan fingerprint density at radius 1 is 0.545 bits per heavy atom. The summed E-state index contributed by atoms with van der Waals surface area (Å²) in [5, 5.41) is 60.1. The van der Waals surface area contributed by atoms with Crippen molar-refractivity contribution in [2.24, 2.45) is 0 Å². The highest BCUT2D eigenvalue weighted by Gasteiger charge is 2.51. The van der Waals surface area contributed by atoms with E-state index in [1.165, 1.54) is 51.4 Å². The van der Waals surface area contributed by atoms with Crippen LogP contribution in [-0.2, 0) is 32.7 Å². The molecular formula is C51H87O14P. The van der Waals surface area contributed by atoms with E-state index in [1.54, 1.807) is 6.08 Å². The summed E-state index contributed by atoms with van der Waals surface area (Å²) in [6.07, 6.45) is 34.1. The van der Waals surface area contributed by atoms with Crippen LogP contribution in [0.15, 0.2) is 72.9 Å². The lowest BCUT2D eigenvalue weighted by atomic mass is 9.85. The highest BCUT2D eigenvalue weighted by molar-refractivity contribution is 7.47. The Bertz CT molecular complexity index is 1450. The Kier molecular flexibility index (Phi) is 37.3. The molecule has 380 valence electrons. The molecule has 1 rings (SSSR count). The maximum absolute atomic E-state index is 12.8. The predicted octanol–water partition coefficient (Wildman–Crippen LogP) is 9.25. The molecule has 1 aliphatic carbocycles. The first-order valence-electron chi connectivity index (χ1n) is 24.8. The van der Waals surface area contributed by atoms with Gasteiger partial charge < -0.3 is 45.0 Å². The molecule has 3 unspecified atom stereocenters.